The predicted molar refractivity (Wildman–Crippen MR) is 93.3 cm³/mol. The zero-order valence-electron chi connectivity index (χ0n) is 15.3. The normalized spacial score (nSPS) is 53.8. The molecule has 0 saturated heterocycles. The molecule has 4 fully saturated rings. The second-order valence-corrected chi connectivity index (χ2v) is 9.85. The van der Waals surface area contributed by atoms with Crippen LogP contribution in [0.15, 0.2) is 0 Å². The Bertz CT molecular complexity index is 517. The molecular weight excluding hydrogens is 300 g/mol. The van der Waals surface area contributed by atoms with E-state index in [1.807, 2.05) is 0 Å². The van der Waals surface area contributed by atoms with E-state index < -0.39 is 0 Å². The van der Waals surface area contributed by atoms with Crippen molar-refractivity contribution in [2.45, 2.75) is 77.7 Å². The zero-order valence-corrected chi connectivity index (χ0v) is 15.3. The molecule has 0 aromatic rings. The van der Waals surface area contributed by atoms with E-state index in [-0.39, 0.29) is 29.8 Å². The number of carbonyl (C=O) groups is 1. The maximum Gasteiger partial charge on any atom is 0.161 e. The molecule has 136 valence electrons. The van der Waals surface area contributed by atoms with Crippen molar-refractivity contribution in [1.29, 1.82) is 0 Å². The molecule has 1 unspecified atom stereocenters. The van der Waals surface area contributed by atoms with Crippen LogP contribution in [0.25, 0.3) is 0 Å². The van der Waals surface area contributed by atoms with Gasteiger partial charge >= 0.3 is 0 Å². The molecular formula is C21H34O3. The molecule has 2 N–H and O–H groups in total. The molecule has 0 heterocycles. The monoisotopic (exact) mass is 334 g/mol. The Labute approximate surface area is 146 Å². The summed E-state index contributed by atoms with van der Waals surface area (Å²) in [5.74, 6) is 2.32. The average Bonchev–Trinajstić information content (AvgIpc) is 2.89. The second kappa shape index (κ2) is 5.81. The molecule has 0 aliphatic heterocycles. The topological polar surface area (TPSA) is 57.5 Å². The molecule has 4 aliphatic rings. The van der Waals surface area contributed by atoms with Crippen molar-refractivity contribution in [3.63, 3.8) is 0 Å². The van der Waals surface area contributed by atoms with Gasteiger partial charge in [-0.15, -0.1) is 0 Å². The van der Waals surface area contributed by atoms with Crippen LogP contribution >= 0.6 is 0 Å². The number of Topliss-reactive ketones (excluding diaryl/α,β-unsaturated/α-hetero) is 1. The largest absolute Gasteiger partial charge is 0.393 e. The first-order valence-electron chi connectivity index (χ1n) is 10.2. The summed E-state index contributed by atoms with van der Waals surface area (Å²) in [6.45, 7) is 4.36. The standard InChI is InChI=1S/C21H34O3/c1-20-10-4-3-5-13(20)6-7-14-15-8-9-16(18(24)12-22)21(15,2)11-17(23)19(14)20/h13-17,19,22-23H,3-12H2,1-2H3/t13?,14-,15-,16+,17-,19+,20-,21-/m0/s1. The first-order valence-corrected chi connectivity index (χ1v) is 10.2. The summed E-state index contributed by atoms with van der Waals surface area (Å²) in [5.41, 5.74) is 0.208. The molecule has 0 bridgehead atoms. The van der Waals surface area contributed by atoms with Gasteiger partial charge in [-0.25, -0.2) is 0 Å². The van der Waals surface area contributed by atoms with Crippen molar-refractivity contribution in [1.82, 2.24) is 0 Å². The average molecular weight is 335 g/mol. The summed E-state index contributed by atoms with van der Waals surface area (Å²) in [5, 5.41) is 20.6. The maximum atomic E-state index is 12.3. The third-order valence-corrected chi connectivity index (χ3v) is 9.06. The van der Waals surface area contributed by atoms with Crippen LogP contribution in [0.1, 0.15) is 71.6 Å². The van der Waals surface area contributed by atoms with Gasteiger partial charge in [-0.2, -0.15) is 0 Å². The van der Waals surface area contributed by atoms with Gasteiger partial charge in [-0.1, -0.05) is 26.7 Å². The van der Waals surface area contributed by atoms with Crippen LogP contribution in [0.3, 0.4) is 0 Å². The van der Waals surface area contributed by atoms with Crippen molar-refractivity contribution < 1.29 is 15.0 Å². The highest BCUT2D eigenvalue weighted by Gasteiger charge is 2.63. The van der Waals surface area contributed by atoms with Gasteiger partial charge in [0.2, 0.25) is 0 Å². The van der Waals surface area contributed by atoms with Crippen LogP contribution in [0, 0.1) is 40.4 Å². The lowest BCUT2D eigenvalue weighted by atomic mass is 9.44. The molecule has 0 radical (unpaired) electrons. The van der Waals surface area contributed by atoms with Crippen LogP contribution in [0.5, 0.6) is 0 Å². The molecule has 4 saturated carbocycles. The van der Waals surface area contributed by atoms with Crippen LogP contribution in [0.4, 0.5) is 0 Å². The summed E-state index contributed by atoms with van der Waals surface area (Å²) in [4.78, 5) is 12.3. The first kappa shape index (κ1) is 17.0. The lowest BCUT2D eigenvalue weighted by Crippen LogP contribution is -2.58. The molecule has 4 aliphatic carbocycles. The van der Waals surface area contributed by atoms with E-state index in [1.54, 1.807) is 0 Å². The van der Waals surface area contributed by atoms with Gasteiger partial charge in [0.1, 0.15) is 6.61 Å². The fourth-order valence-electron chi connectivity index (χ4n) is 8.06. The lowest BCUT2D eigenvalue weighted by molar-refractivity contribution is -0.171. The van der Waals surface area contributed by atoms with Gasteiger partial charge in [0.05, 0.1) is 6.10 Å². The number of rotatable bonds is 2. The minimum absolute atomic E-state index is 0.00298. The molecule has 0 amide bonds. The fourth-order valence-corrected chi connectivity index (χ4v) is 8.06. The Kier molecular flexibility index (Phi) is 4.12. The molecule has 0 spiro atoms. The molecule has 0 aromatic carbocycles. The number of hydrogen-bond donors (Lipinski definition) is 2. The molecule has 4 rings (SSSR count). The van der Waals surface area contributed by atoms with Gasteiger partial charge in [0, 0.05) is 5.92 Å². The van der Waals surface area contributed by atoms with Gasteiger partial charge in [0.25, 0.3) is 0 Å². The number of carbonyl (C=O) groups excluding carboxylic acids is 1. The Morgan fingerprint density at radius 3 is 2.58 bits per heavy atom. The SMILES string of the molecule is C[C@]12C[C@H](O)[C@H]3[C@@H](CCC4CCCC[C@@]43C)[C@@H]1CC[C@@H]2C(=O)CO. The van der Waals surface area contributed by atoms with E-state index in [1.165, 1.54) is 38.5 Å². The third-order valence-electron chi connectivity index (χ3n) is 9.06. The summed E-state index contributed by atoms with van der Waals surface area (Å²) in [7, 11) is 0. The van der Waals surface area contributed by atoms with E-state index in [0.29, 0.717) is 23.2 Å². The second-order valence-electron chi connectivity index (χ2n) is 9.85. The lowest BCUT2D eigenvalue weighted by Gasteiger charge is -2.62. The van der Waals surface area contributed by atoms with E-state index in [9.17, 15) is 15.0 Å². The minimum atomic E-state index is -0.336. The molecule has 8 atom stereocenters. The maximum absolute atomic E-state index is 12.3. The van der Waals surface area contributed by atoms with E-state index in [4.69, 9.17) is 0 Å². The predicted octanol–water partition coefficient (Wildman–Crippen LogP) is 3.57. The van der Waals surface area contributed by atoms with Gasteiger partial charge in [-0.05, 0) is 79.4 Å². The number of aliphatic hydroxyl groups excluding tert-OH is 2. The van der Waals surface area contributed by atoms with E-state index >= 15 is 0 Å². The van der Waals surface area contributed by atoms with Crippen LogP contribution in [-0.2, 0) is 4.79 Å². The van der Waals surface area contributed by atoms with Crippen molar-refractivity contribution in [2.75, 3.05) is 6.61 Å². The number of aliphatic hydroxyl groups is 2. The van der Waals surface area contributed by atoms with Gasteiger partial charge in [0.15, 0.2) is 5.78 Å². The molecule has 3 nitrogen and oxygen atoms in total. The molecule has 24 heavy (non-hydrogen) atoms. The summed E-state index contributed by atoms with van der Waals surface area (Å²) in [6.07, 6.45) is 10.4. The smallest absolute Gasteiger partial charge is 0.161 e. The number of hydrogen-bond acceptors (Lipinski definition) is 3. The van der Waals surface area contributed by atoms with Crippen molar-refractivity contribution in [2.24, 2.45) is 40.4 Å². The highest BCUT2D eigenvalue weighted by molar-refractivity contribution is 5.83. The quantitative estimate of drug-likeness (QED) is 0.812. The molecule has 0 aromatic heterocycles. The summed E-state index contributed by atoms with van der Waals surface area (Å²) < 4.78 is 0. The highest BCUT2D eigenvalue weighted by atomic mass is 16.3. The Balaban J connectivity index is 1.67. The van der Waals surface area contributed by atoms with E-state index in [2.05, 4.69) is 13.8 Å². The van der Waals surface area contributed by atoms with Gasteiger partial charge in [-0.3, -0.25) is 4.79 Å². The Morgan fingerprint density at radius 1 is 1.04 bits per heavy atom. The van der Waals surface area contributed by atoms with Gasteiger partial charge < -0.3 is 10.2 Å². The highest BCUT2D eigenvalue weighted by Crippen LogP contribution is 2.67. The first-order chi connectivity index (χ1) is 11.4. The van der Waals surface area contributed by atoms with Crippen molar-refractivity contribution in [3.8, 4) is 0 Å². The summed E-state index contributed by atoms with van der Waals surface area (Å²) >= 11 is 0. The Morgan fingerprint density at radius 2 is 1.83 bits per heavy atom. The summed E-state index contributed by atoms with van der Waals surface area (Å²) in [6, 6.07) is 0. The van der Waals surface area contributed by atoms with Crippen LogP contribution in [-0.4, -0.2) is 28.7 Å². The zero-order chi connectivity index (χ0) is 17.1. The van der Waals surface area contributed by atoms with Crippen molar-refractivity contribution in [3.05, 3.63) is 0 Å². The van der Waals surface area contributed by atoms with Crippen molar-refractivity contribution >= 4 is 5.78 Å². The molecule has 3 heteroatoms. The Hall–Kier alpha value is -0.410. The number of ketones is 1. The number of fused-ring (bicyclic) bond motifs is 5. The van der Waals surface area contributed by atoms with Crippen LogP contribution in [0.2, 0.25) is 0 Å². The van der Waals surface area contributed by atoms with E-state index in [0.717, 1.165) is 25.2 Å². The third kappa shape index (κ3) is 2.19. The fraction of sp³-hybridized carbons (Fsp3) is 0.952. The van der Waals surface area contributed by atoms with Crippen LogP contribution < -0.4 is 0 Å². The minimum Gasteiger partial charge on any atom is -0.393 e.